The molecular formula is C39H34BN3O2. The van der Waals surface area contributed by atoms with E-state index in [0.29, 0.717) is 0 Å². The summed E-state index contributed by atoms with van der Waals surface area (Å²) in [6.07, 6.45) is 7.20. The van der Waals surface area contributed by atoms with Crippen LogP contribution in [0.15, 0.2) is 134 Å². The van der Waals surface area contributed by atoms with E-state index in [0.717, 1.165) is 61.4 Å². The molecule has 6 heteroatoms. The Balaban J connectivity index is 1.24. The zero-order valence-corrected chi connectivity index (χ0v) is 25.9. The summed E-state index contributed by atoms with van der Waals surface area (Å²) in [6, 6.07) is 38.1. The van der Waals surface area contributed by atoms with Gasteiger partial charge in [0.15, 0.2) is 0 Å². The number of benzene rings is 3. The van der Waals surface area contributed by atoms with Crippen molar-refractivity contribution in [1.82, 2.24) is 15.0 Å². The molecule has 220 valence electrons. The standard InChI is InChI=1S/C39H34BN3O2/c1-38(2)39(3,4)45-40(44-38)35-13-7-12-33(24-35)31-10-5-8-29(22-31)30-9-6-11-32(23-30)34-25-36(27-14-18-41-19-15-27)43-37(26-34)28-16-20-42-21-17-28/h5-26H,1-4H3. The van der Waals surface area contributed by atoms with Gasteiger partial charge in [0.25, 0.3) is 0 Å². The molecule has 1 aliphatic rings. The highest BCUT2D eigenvalue weighted by atomic mass is 16.7. The lowest BCUT2D eigenvalue weighted by molar-refractivity contribution is 0.00578. The Labute approximate surface area is 265 Å². The van der Waals surface area contributed by atoms with Crippen molar-refractivity contribution >= 4 is 12.6 Å². The second kappa shape index (κ2) is 11.5. The van der Waals surface area contributed by atoms with Gasteiger partial charge in [-0.3, -0.25) is 9.97 Å². The molecule has 1 saturated heterocycles. The lowest BCUT2D eigenvalue weighted by Crippen LogP contribution is -2.41. The Morgan fingerprint density at radius 3 is 1.31 bits per heavy atom. The molecule has 1 fully saturated rings. The number of pyridine rings is 3. The number of rotatable bonds is 6. The van der Waals surface area contributed by atoms with Crippen molar-refractivity contribution in [2.24, 2.45) is 0 Å². The smallest absolute Gasteiger partial charge is 0.399 e. The summed E-state index contributed by atoms with van der Waals surface area (Å²) < 4.78 is 12.7. The van der Waals surface area contributed by atoms with Crippen LogP contribution in [0.4, 0.5) is 0 Å². The first-order valence-electron chi connectivity index (χ1n) is 15.3. The fourth-order valence-electron chi connectivity index (χ4n) is 5.64. The van der Waals surface area contributed by atoms with E-state index in [4.69, 9.17) is 14.3 Å². The normalized spacial score (nSPS) is 15.2. The minimum atomic E-state index is -0.399. The van der Waals surface area contributed by atoms with E-state index in [1.807, 2.05) is 24.3 Å². The molecule has 0 radical (unpaired) electrons. The van der Waals surface area contributed by atoms with Crippen LogP contribution in [0, 0.1) is 0 Å². The van der Waals surface area contributed by atoms with Crippen molar-refractivity contribution in [1.29, 1.82) is 0 Å². The molecule has 0 aliphatic carbocycles. The molecule has 0 amide bonds. The highest BCUT2D eigenvalue weighted by molar-refractivity contribution is 6.62. The van der Waals surface area contributed by atoms with E-state index in [2.05, 4.69) is 123 Å². The number of hydrogen-bond donors (Lipinski definition) is 0. The van der Waals surface area contributed by atoms with Gasteiger partial charge in [-0.25, -0.2) is 4.98 Å². The molecule has 6 aromatic rings. The summed E-state index contributed by atoms with van der Waals surface area (Å²) in [5.74, 6) is 0. The monoisotopic (exact) mass is 587 g/mol. The van der Waals surface area contributed by atoms with Crippen LogP contribution < -0.4 is 5.46 Å². The molecule has 3 aromatic heterocycles. The average Bonchev–Trinajstić information content (AvgIpc) is 3.31. The lowest BCUT2D eigenvalue weighted by atomic mass is 9.78. The molecule has 4 heterocycles. The Morgan fingerprint density at radius 2 is 0.844 bits per heavy atom. The Morgan fingerprint density at radius 1 is 0.444 bits per heavy atom. The van der Waals surface area contributed by atoms with Crippen LogP contribution in [0.25, 0.3) is 55.9 Å². The lowest BCUT2D eigenvalue weighted by Gasteiger charge is -2.32. The van der Waals surface area contributed by atoms with Gasteiger partial charge >= 0.3 is 7.12 Å². The van der Waals surface area contributed by atoms with Crippen LogP contribution in [0.1, 0.15) is 27.7 Å². The van der Waals surface area contributed by atoms with Crippen LogP contribution in [0.3, 0.4) is 0 Å². The number of aromatic nitrogens is 3. The Bertz CT molecular complexity index is 1900. The van der Waals surface area contributed by atoms with E-state index in [9.17, 15) is 0 Å². The summed E-state index contributed by atoms with van der Waals surface area (Å²) in [7, 11) is -0.399. The van der Waals surface area contributed by atoms with Crippen molar-refractivity contribution in [2.75, 3.05) is 0 Å². The summed E-state index contributed by atoms with van der Waals surface area (Å²) in [4.78, 5) is 13.4. The molecular weight excluding hydrogens is 553 g/mol. The van der Waals surface area contributed by atoms with Gasteiger partial charge in [0.2, 0.25) is 0 Å². The van der Waals surface area contributed by atoms with E-state index >= 15 is 0 Å². The van der Waals surface area contributed by atoms with Gasteiger partial charge in [-0.15, -0.1) is 0 Å². The average molecular weight is 588 g/mol. The largest absolute Gasteiger partial charge is 0.494 e. The molecule has 45 heavy (non-hydrogen) atoms. The summed E-state index contributed by atoms with van der Waals surface area (Å²) in [5.41, 5.74) is 10.9. The fourth-order valence-corrected chi connectivity index (χ4v) is 5.64. The summed E-state index contributed by atoms with van der Waals surface area (Å²) in [5, 5.41) is 0. The SMILES string of the molecule is CC1(C)OB(c2cccc(-c3cccc(-c4cccc(-c5cc(-c6ccncc6)nc(-c6ccncc6)c5)c4)c3)c2)OC1(C)C. The van der Waals surface area contributed by atoms with Gasteiger partial charge in [-0.1, -0.05) is 60.7 Å². The van der Waals surface area contributed by atoms with Crippen LogP contribution in [-0.4, -0.2) is 33.3 Å². The van der Waals surface area contributed by atoms with Gasteiger partial charge in [0.05, 0.1) is 22.6 Å². The minimum Gasteiger partial charge on any atom is -0.399 e. The van der Waals surface area contributed by atoms with E-state index in [1.54, 1.807) is 24.8 Å². The van der Waals surface area contributed by atoms with E-state index in [-0.39, 0.29) is 11.2 Å². The second-order valence-corrected chi connectivity index (χ2v) is 12.5. The first kappa shape index (κ1) is 28.8. The Hall–Kier alpha value is -4.91. The van der Waals surface area contributed by atoms with Gasteiger partial charge in [-0.2, -0.15) is 0 Å². The van der Waals surface area contributed by atoms with Crippen molar-refractivity contribution in [2.45, 2.75) is 38.9 Å². The third-order valence-electron chi connectivity index (χ3n) is 8.91. The highest BCUT2D eigenvalue weighted by Crippen LogP contribution is 2.37. The Kier molecular flexibility index (Phi) is 7.40. The topological polar surface area (TPSA) is 57.1 Å². The molecule has 0 unspecified atom stereocenters. The molecule has 0 atom stereocenters. The highest BCUT2D eigenvalue weighted by Gasteiger charge is 2.51. The van der Waals surface area contributed by atoms with Crippen LogP contribution in [0.2, 0.25) is 0 Å². The minimum absolute atomic E-state index is 0.383. The molecule has 0 spiro atoms. The number of nitrogens with zero attached hydrogens (tertiary/aromatic N) is 3. The fraction of sp³-hybridized carbons (Fsp3) is 0.154. The van der Waals surface area contributed by atoms with Crippen molar-refractivity contribution in [3.05, 3.63) is 134 Å². The maximum Gasteiger partial charge on any atom is 0.494 e. The summed E-state index contributed by atoms with van der Waals surface area (Å²) in [6.45, 7) is 8.33. The predicted molar refractivity (Wildman–Crippen MR) is 183 cm³/mol. The van der Waals surface area contributed by atoms with E-state index in [1.165, 1.54) is 0 Å². The molecule has 5 nitrogen and oxygen atoms in total. The molecule has 1 aliphatic heterocycles. The molecule has 7 rings (SSSR count). The first-order valence-corrected chi connectivity index (χ1v) is 15.3. The maximum atomic E-state index is 6.33. The third kappa shape index (κ3) is 5.83. The maximum absolute atomic E-state index is 6.33. The third-order valence-corrected chi connectivity index (χ3v) is 8.91. The zero-order chi connectivity index (χ0) is 31.0. The second-order valence-electron chi connectivity index (χ2n) is 12.5. The molecule has 0 saturated carbocycles. The first-order chi connectivity index (χ1) is 21.8. The van der Waals surface area contributed by atoms with Crippen molar-refractivity contribution < 1.29 is 9.31 Å². The van der Waals surface area contributed by atoms with Gasteiger partial charge in [0.1, 0.15) is 0 Å². The van der Waals surface area contributed by atoms with Gasteiger partial charge in [0, 0.05) is 35.9 Å². The van der Waals surface area contributed by atoms with Gasteiger partial charge < -0.3 is 9.31 Å². The van der Waals surface area contributed by atoms with E-state index < -0.39 is 7.12 Å². The summed E-state index contributed by atoms with van der Waals surface area (Å²) >= 11 is 0. The van der Waals surface area contributed by atoms with Crippen LogP contribution >= 0.6 is 0 Å². The molecule has 0 N–H and O–H groups in total. The van der Waals surface area contributed by atoms with Crippen LogP contribution in [-0.2, 0) is 9.31 Å². The quantitative estimate of drug-likeness (QED) is 0.183. The van der Waals surface area contributed by atoms with Gasteiger partial charge in [-0.05, 0) is 115 Å². The zero-order valence-electron chi connectivity index (χ0n) is 25.9. The van der Waals surface area contributed by atoms with Crippen LogP contribution in [0.5, 0.6) is 0 Å². The van der Waals surface area contributed by atoms with Crippen molar-refractivity contribution in [3.63, 3.8) is 0 Å². The molecule has 3 aromatic carbocycles. The molecule has 0 bridgehead atoms. The predicted octanol–water partition coefficient (Wildman–Crippen LogP) is 8.51. The van der Waals surface area contributed by atoms with Crippen molar-refractivity contribution in [3.8, 4) is 55.9 Å². The number of hydrogen-bond acceptors (Lipinski definition) is 5.